The third-order valence-electron chi connectivity index (χ3n) is 2.88. The third kappa shape index (κ3) is 3.58. The fourth-order valence-corrected chi connectivity index (χ4v) is 3.11. The molecule has 22 heavy (non-hydrogen) atoms. The Bertz CT molecular complexity index is 722. The van der Waals surface area contributed by atoms with Crippen molar-refractivity contribution in [2.45, 2.75) is 11.8 Å². The molecule has 0 radical (unpaired) electrons. The number of carbonyl (C=O) groups excluding carboxylic acids is 1. The summed E-state index contributed by atoms with van der Waals surface area (Å²) in [6.07, 6.45) is 1.54. The maximum atomic E-state index is 12.1. The first-order valence-electron chi connectivity index (χ1n) is 6.47. The van der Waals surface area contributed by atoms with Gasteiger partial charge in [0, 0.05) is 13.6 Å². The molecule has 3 aromatic heterocycles. The molecule has 0 aliphatic rings. The maximum Gasteiger partial charge on any atom is 0.284 e. The van der Waals surface area contributed by atoms with Crippen LogP contribution in [0.5, 0.6) is 0 Å². The summed E-state index contributed by atoms with van der Waals surface area (Å²) in [5, 5.41) is 12.2. The van der Waals surface area contributed by atoms with Gasteiger partial charge in [0.25, 0.3) is 11.1 Å². The van der Waals surface area contributed by atoms with Gasteiger partial charge in [-0.15, -0.1) is 10.2 Å². The van der Waals surface area contributed by atoms with E-state index in [-0.39, 0.29) is 11.7 Å². The van der Waals surface area contributed by atoms with E-state index in [1.807, 2.05) is 16.8 Å². The standard InChI is InChI=1S/C14H13N3O3S2/c1-17(7-10-4-6-21-8-10)12(18)9-22-14-16-15-13(20-14)11-3-2-5-19-11/h2-6,8H,7,9H2,1H3. The summed E-state index contributed by atoms with van der Waals surface area (Å²) in [4.78, 5) is 13.8. The highest BCUT2D eigenvalue weighted by molar-refractivity contribution is 7.99. The number of thiophene rings is 1. The third-order valence-corrected chi connectivity index (χ3v) is 4.42. The molecule has 0 aliphatic carbocycles. The number of thioether (sulfide) groups is 1. The topological polar surface area (TPSA) is 72.4 Å². The van der Waals surface area contributed by atoms with E-state index in [0.29, 0.717) is 23.4 Å². The van der Waals surface area contributed by atoms with Gasteiger partial charge in [-0.3, -0.25) is 4.79 Å². The molecule has 8 heteroatoms. The molecule has 0 saturated carbocycles. The zero-order chi connectivity index (χ0) is 15.4. The smallest absolute Gasteiger partial charge is 0.284 e. The van der Waals surface area contributed by atoms with Gasteiger partial charge in [-0.05, 0) is 34.5 Å². The lowest BCUT2D eigenvalue weighted by atomic mass is 10.3. The van der Waals surface area contributed by atoms with Gasteiger partial charge in [0.05, 0.1) is 12.0 Å². The summed E-state index contributed by atoms with van der Waals surface area (Å²) in [6, 6.07) is 5.49. The van der Waals surface area contributed by atoms with Crippen LogP contribution in [0.4, 0.5) is 0 Å². The van der Waals surface area contributed by atoms with Gasteiger partial charge in [-0.25, -0.2) is 0 Å². The van der Waals surface area contributed by atoms with E-state index < -0.39 is 0 Å². The molecule has 0 fully saturated rings. The number of nitrogens with zero attached hydrogens (tertiary/aromatic N) is 3. The van der Waals surface area contributed by atoms with Crippen LogP contribution in [-0.2, 0) is 11.3 Å². The largest absolute Gasteiger partial charge is 0.459 e. The van der Waals surface area contributed by atoms with Crippen molar-refractivity contribution >= 4 is 29.0 Å². The SMILES string of the molecule is CN(Cc1ccsc1)C(=O)CSc1nnc(-c2ccco2)o1. The summed E-state index contributed by atoms with van der Waals surface area (Å²) in [6.45, 7) is 0.602. The number of aromatic nitrogens is 2. The Labute approximate surface area is 135 Å². The van der Waals surface area contributed by atoms with Crippen molar-refractivity contribution < 1.29 is 13.6 Å². The summed E-state index contributed by atoms with van der Waals surface area (Å²) < 4.78 is 10.6. The Kier molecular flexibility index (Phi) is 4.59. The van der Waals surface area contributed by atoms with Gasteiger partial charge in [-0.1, -0.05) is 11.8 Å². The Balaban J connectivity index is 1.52. The van der Waals surface area contributed by atoms with Crippen molar-refractivity contribution in [3.63, 3.8) is 0 Å². The molecule has 0 atom stereocenters. The van der Waals surface area contributed by atoms with Gasteiger partial charge in [0.15, 0.2) is 5.76 Å². The number of furan rings is 1. The molecule has 0 N–H and O–H groups in total. The molecule has 0 aromatic carbocycles. The molecule has 0 aliphatic heterocycles. The van der Waals surface area contributed by atoms with Crippen LogP contribution in [-0.4, -0.2) is 33.8 Å². The van der Waals surface area contributed by atoms with Gasteiger partial charge >= 0.3 is 0 Å². The Morgan fingerprint density at radius 2 is 2.32 bits per heavy atom. The first-order valence-corrected chi connectivity index (χ1v) is 8.40. The summed E-state index contributed by atoms with van der Waals surface area (Å²) >= 11 is 2.84. The average Bonchev–Trinajstić information content (AvgIpc) is 3.25. The van der Waals surface area contributed by atoms with Crippen LogP contribution >= 0.6 is 23.1 Å². The fraction of sp³-hybridized carbons (Fsp3) is 0.214. The van der Waals surface area contributed by atoms with Crippen LogP contribution in [0.15, 0.2) is 49.3 Å². The molecule has 1 amide bonds. The van der Waals surface area contributed by atoms with Crippen molar-refractivity contribution in [1.29, 1.82) is 0 Å². The van der Waals surface area contributed by atoms with E-state index in [4.69, 9.17) is 8.83 Å². The van der Waals surface area contributed by atoms with Crippen LogP contribution in [0.3, 0.4) is 0 Å². The number of rotatable bonds is 6. The minimum absolute atomic E-state index is 0.00829. The van der Waals surface area contributed by atoms with Crippen molar-refractivity contribution in [1.82, 2.24) is 15.1 Å². The van der Waals surface area contributed by atoms with E-state index in [0.717, 1.165) is 5.56 Å². The molecule has 3 aromatic rings. The fourth-order valence-electron chi connectivity index (χ4n) is 1.75. The van der Waals surface area contributed by atoms with E-state index in [9.17, 15) is 4.79 Å². The van der Waals surface area contributed by atoms with Crippen molar-refractivity contribution in [2.24, 2.45) is 0 Å². The molecule has 3 rings (SSSR count). The highest BCUT2D eigenvalue weighted by Gasteiger charge is 2.15. The van der Waals surface area contributed by atoms with Crippen molar-refractivity contribution in [3.05, 3.63) is 40.8 Å². The first kappa shape index (κ1) is 14.9. The van der Waals surface area contributed by atoms with Crippen LogP contribution in [0.1, 0.15) is 5.56 Å². The normalized spacial score (nSPS) is 10.8. The molecular weight excluding hydrogens is 322 g/mol. The summed E-state index contributed by atoms with van der Waals surface area (Å²) in [7, 11) is 1.78. The lowest BCUT2D eigenvalue weighted by molar-refractivity contribution is -0.127. The maximum absolute atomic E-state index is 12.1. The number of amides is 1. The average molecular weight is 335 g/mol. The predicted octanol–water partition coefficient (Wildman–Crippen LogP) is 3.14. The molecular formula is C14H13N3O3S2. The minimum Gasteiger partial charge on any atom is -0.459 e. The van der Waals surface area contributed by atoms with E-state index in [1.54, 1.807) is 35.4 Å². The second kappa shape index (κ2) is 6.80. The minimum atomic E-state index is 0.00829. The molecule has 3 heterocycles. The second-order valence-electron chi connectivity index (χ2n) is 4.52. The Hall–Kier alpha value is -2.06. The second-order valence-corrected chi connectivity index (χ2v) is 6.23. The van der Waals surface area contributed by atoms with Crippen LogP contribution in [0, 0.1) is 0 Å². The zero-order valence-electron chi connectivity index (χ0n) is 11.8. The molecule has 6 nitrogen and oxygen atoms in total. The Morgan fingerprint density at radius 3 is 3.05 bits per heavy atom. The van der Waals surface area contributed by atoms with Gasteiger partial charge in [0.2, 0.25) is 5.91 Å². The van der Waals surface area contributed by atoms with E-state index >= 15 is 0 Å². The van der Waals surface area contributed by atoms with Crippen molar-refractivity contribution in [2.75, 3.05) is 12.8 Å². The van der Waals surface area contributed by atoms with E-state index in [2.05, 4.69) is 10.2 Å². The van der Waals surface area contributed by atoms with Crippen LogP contribution in [0.25, 0.3) is 11.7 Å². The quantitative estimate of drug-likeness (QED) is 0.644. The number of carbonyl (C=O) groups is 1. The summed E-state index contributed by atoms with van der Waals surface area (Å²) in [5.74, 6) is 1.08. The highest BCUT2D eigenvalue weighted by Crippen LogP contribution is 2.23. The number of hydrogen-bond acceptors (Lipinski definition) is 7. The molecule has 0 unspecified atom stereocenters. The number of hydrogen-bond donors (Lipinski definition) is 0. The van der Waals surface area contributed by atoms with Crippen molar-refractivity contribution in [3.8, 4) is 11.7 Å². The van der Waals surface area contributed by atoms with Gasteiger partial charge in [-0.2, -0.15) is 11.3 Å². The summed E-state index contributed by atoms with van der Waals surface area (Å²) in [5.41, 5.74) is 1.13. The lowest BCUT2D eigenvalue weighted by Gasteiger charge is -2.15. The van der Waals surface area contributed by atoms with Gasteiger partial charge in [0.1, 0.15) is 0 Å². The lowest BCUT2D eigenvalue weighted by Crippen LogP contribution is -2.27. The Morgan fingerprint density at radius 1 is 1.41 bits per heavy atom. The van der Waals surface area contributed by atoms with E-state index in [1.165, 1.54) is 18.0 Å². The van der Waals surface area contributed by atoms with Crippen LogP contribution < -0.4 is 0 Å². The first-order chi connectivity index (χ1) is 10.7. The molecule has 0 bridgehead atoms. The highest BCUT2D eigenvalue weighted by atomic mass is 32.2. The molecule has 0 spiro atoms. The molecule has 0 saturated heterocycles. The molecule has 114 valence electrons. The van der Waals surface area contributed by atoms with Gasteiger partial charge < -0.3 is 13.7 Å². The monoisotopic (exact) mass is 335 g/mol. The predicted molar refractivity (Wildman–Crippen MR) is 83.5 cm³/mol. The van der Waals surface area contributed by atoms with Crippen LogP contribution in [0.2, 0.25) is 0 Å². The zero-order valence-corrected chi connectivity index (χ0v) is 13.4.